The average molecular weight is 489 g/mol. The van der Waals surface area contributed by atoms with E-state index in [0.717, 1.165) is 16.8 Å². The van der Waals surface area contributed by atoms with Gasteiger partial charge in [0, 0.05) is 30.9 Å². The molecule has 0 fully saturated rings. The largest absolute Gasteiger partial charge is 0.493 e. The highest BCUT2D eigenvalue weighted by molar-refractivity contribution is 5.76. The Morgan fingerprint density at radius 3 is 2.31 bits per heavy atom. The van der Waals surface area contributed by atoms with E-state index in [1.54, 1.807) is 41.8 Å². The van der Waals surface area contributed by atoms with Crippen molar-refractivity contribution < 1.29 is 14.3 Å². The number of rotatable bonds is 9. The molecule has 0 saturated carbocycles. The molecule has 0 aliphatic rings. The van der Waals surface area contributed by atoms with Crippen LogP contribution in [0, 0.1) is 0 Å². The minimum absolute atomic E-state index is 0.150. The number of carbonyl (C=O) groups excluding carboxylic acids is 1. The van der Waals surface area contributed by atoms with Crippen LogP contribution in [0.3, 0.4) is 0 Å². The smallest absolute Gasteiger partial charge is 0.276 e. The lowest BCUT2D eigenvalue weighted by molar-refractivity contribution is -0.121. The van der Waals surface area contributed by atoms with E-state index in [1.807, 2.05) is 37.3 Å². The fraction of sp³-hybridized carbons (Fsp3) is 0.321. The first-order valence-electron chi connectivity index (χ1n) is 12.0. The highest BCUT2D eigenvalue weighted by atomic mass is 16.5. The lowest BCUT2D eigenvalue weighted by Crippen LogP contribution is -2.29. The quantitative estimate of drug-likeness (QED) is 0.373. The van der Waals surface area contributed by atoms with E-state index in [4.69, 9.17) is 9.47 Å². The number of hydrogen-bond donors (Lipinski definition) is 1. The Kier molecular flexibility index (Phi) is 7.43. The summed E-state index contributed by atoms with van der Waals surface area (Å²) in [7, 11) is 3.16. The van der Waals surface area contributed by atoms with E-state index in [0.29, 0.717) is 22.9 Å². The van der Waals surface area contributed by atoms with Gasteiger partial charge >= 0.3 is 0 Å². The molecule has 1 N–H and O–H groups in total. The third kappa shape index (κ3) is 5.27. The number of nitrogens with one attached hydrogen (secondary N) is 1. The van der Waals surface area contributed by atoms with E-state index >= 15 is 0 Å². The van der Waals surface area contributed by atoms with Crippen LogP contribution in [-0.2, 0) is 11.3 Å². The predicted molar refractivity (Wildman–Crippen MR) is 140 cm³/mol. The third-order valence-corrected chi connectivity index (χ3v) is 6.34. The standard InChI is InChI=1S/C28H32N4O4/c1-18(2)20-6-8-21(9-7-20)23-17-24-28(34)31(14-15-32(24)30-23)13-12-27(33)29-19(3)22-10-11-25(35-4)26(16-22)36-5/h6-11,14-19H,12-13H2,1-5H3,(H,29,33)/t19-/m1/s1. The van der Waals surface area contributed by atoms with Crippen LogP contribution < -0.4 is 20.3 Å². The fourth-order valence-corrected chi connectivity index (χ4v) is 4.12. The molecule has 4 aromatic rings. The van der Waals surface area contributed by atoms with E-state index in [1.165, 1.54) is 5.56 Å². The predicted octanol–water partition coefficient (Wildman–Crippen LogP) is 4.57. The summed E-state index contributed by atoms with van der Waals surface area (Å²) < 4.78 is 13.7. The zero-order valence-corrected chi connectivity index (χ0v) is 21.3. The molecule has 1 atom stereocenters. The van der Waals surface area contributed by atoms with Gasteiger partial charge in [0.15, 0.2) is 11.5 Å². The van der Waals surface area contributed by atoms with Crippen molar-refractivity contribution >= 4 is 11.4 Å². The fourth-order valence-electron chi connectivity index (χ4n) is 4.12. The summed E-state index contributed by atoms with van der Waals surface area (Å²) in [5.41, 5.74) is 4.13. The first-order chi connectivity index (χ1) is 17.3. The van der Waals surface area contributed by atoms with Gasteiger partial charge in [0.05, 0.1) is 26.0 Å². The van der Waals surface area contributed by atoms with Crippen molar-refractivity contribution in [3.8, 4) is 22.8 Å². The molecule has 8 heteroatoms. The van der Waals surface area contributed by atoms with E-state index in [2.05, 4.69) is 36.4 Å². The van der Waals surface area contributed by atoms with Gasteiger partial charge in [0.2, 0.25) is 5.91 Å². The lowest BCUT2D eigenvalue weighted by atomic mass is 10.0. The maximum Gasteiger partial charge on any atom is 0.276 e. The summed E-state index contributed by atoms with van der Waals surface area (Å²) in [6.07, 6.45) is 3.58. The Labute approximate surface area is 210 Å². The molecule has 2 aromatic heterocycles. The number of hydrogen-bond acceptors (Lipinski definition) is 5. The van der Waals surface area contributed by atoms with E-state index in [-0.39, 0.29) is 30.5 Å². The van der Waals surface area contributed by atoms with Crippen molar-refractivity contribution in [3.05, 3.63) is 82.4 Å². The molecule has 0 unspecified atom stereocenters. The number of aryl methyl sites for hydroxylation is 1. The Morgan fingerprint density at radius 2 is 1.64 bits per heavy atom. The summed E-state index contributed by atoms with van der Waals surface area (Å²) in [6.45, 7) is 6.47. The first kappa shape index (κ1) is 25.0. The highest BCUT2D eigenvalue weighted by Crippen LogP contribution is 2.30. The van der Waals surface area contributed by atoms with Crippen LogP contribution in [0.25, 0.3) is 16.8 Å². The van der Waals surface area contributed by atoms with Crippen LogP contribution in [0.15, 0.2) is 65.7 Å². The lowest BCUT2D eigenvalue weighted by Gasteiger charge is -2.17. The molecule has 1 amide bonds. The number of aromatic nitrogens is 3. The molecule has 8 nitrogen and oxygen atoms in total. The summed E-state index contributed by atoms with van der Waals surface area (Å²) in [5, 5.41) is 7.54. The summed E-state index contributed by atoms with van der Waals surface area (Å²) >= 11 is 0. The molecule has 0 aliphatic carbocycles. The van der Waals surface area contributed by atoms with Crippen LogP contribution in [0.2, 0.25) is 0 Å². The Hall–Kier alpha value is -4.07. The van der Waals surface area contributed by atoms with Crippen LogP contribution in [0.4, 0.5) is 0 Å². The zero-order valence-electron chi connectivity index (χ0n) is 21.3. The molecule has 0 aliphatic heterocycles. The molecule has 0 spiro atoms. The van der Waals surface area contributed by atoms with Crippen LogP contribution in [0.5, 0.6) is 11.5 Å². The molecule has 0 saturated heterocycles. The number of carbonyl (C=O) groups is 1. The van der Waals surface area contributed by atoms with Gasteiger partial charge in [0.25, 0.3) is 5.56 Å². The van der Waals surface area contributed by atoms with Crippen molar-refractivity contribution in [3.63, 3.8) is 0 Å². The second-order valence-corrected chi connectivity index (χ2v) is 9.09. The zero-order chi connectivity index (χ0) is 25.8. The van der Waals surface area contributed by atoms with Gasteiger partial charge in [-0.3, -0.25) is 9.59 Å². The molecule has 0 bridgehead atoms. The van der Waals surface area contributed by atoms with Gasteiger partial charge in [-0.05, 0) is 42.2 Å². The summed E-state index contributed by atoms with van der Waals surface area (Å²) in [4.78, 5) is 25.7. The minimum atomic E-state index is -0.226. The van der Waals surface area contributed by atoms with Crippen LogP contribution in [-0.4, -0.2) is 34.3 Å². The number of ether oxygens (including phenoxy) is 2. The Bertz CT molecular complexity index is 1420. The summed E-state index contributed by atoms with van der Waals surface area (Å²) in [6, 6.07) is 15.3. The average Bonchev–Trinajstić information content (AvgIpc) is 3.33. The molecule has 0 radical (unpaired) electrons. The second-order valence-electron chi connectivity index (χ2n) is 9.09. The van der Waals surface area contributed by atoms with Crippen molar-refractivity contribution in [2.45, 2.75) is 45.7 Å². The SMILES string of the molecule is COc1ccc([C@@H](C)NC(=O)CCn2ccn3nc(-c4ccc(C(C)C)cc4)cc3c2=O)cc1OC. The first-order valence-corrected chi connectivity index (χ1v) is 12.0. The molecule has 188 valence electrons. The number of methoxy groups -OCH3 is 2. The highest BCUT2D eigenvalue weighted by Gasteiger charge is 2.14. The van der Waals surface area contributed by atoms with Gasteiger partial charge < -0.3 is 19.4 Å². The minimum Gasteiger partial charge on any atom is -0.493 e. The van der Waals surface area contributed by atoms with Crippen molar-refractivity contribution in [2.75, 3.05) is 14.2 Å². The number of amides is 1. The molecule has 2 heterocycles. The van der Waals surface area contributed by atoms with Crippen molar-refractivity contribution in [1.82, 2.24) is 19.5 Å². The summed E-state index contributed by atoms with van der Waals surface area (Å²) in [5.74, 6) is 1.53. The van der Waals surface area contributed by atoms with Gasteiger partial charge in [-0.1, -0.05) is 44.2 Å². The van der Waals surface area contributed by atoms with Gasteiger partial charge in [-0.25, -0.2) is 4.52 Å². The van der Waals surface area contributed by atoms with Crippen LogP contribution >= 0.6 is 0 Å². The topological polar surface area (TPSA) is 86.9 Å². The molecule has 2 aromatic carbocycles. The van der Waals surface area contributed by atoms with Crippen molar-refractivity contribution in [2.24, 2.45) is 0 Å². The maximum absolute atomic E-state index is 13.0. The Morgan fingerprint density at radius 1 is 0.944 bits per heavy atom. The van der Waals surface area contributed by atoms with Gasteiger partial charge in [0.1, 0.15) is 5.52 Å². The van der Waals surface area contributed by atoms with Gasteiger partial charge in [-0.15, -0.1) is 0 Å². The molecular weight excluding hydrogens is 456 g/mol. The molecule has 36 heavy (non-hydrogen) atoms. The number of nitrogens with zero attached hydrogens (tertiary/aromatic N) is 3. The second kappa shape index (κ2) is 10.7. The van der Waals surface area contributed by atoms with Crippen molar-refractivity contribution in [1.29, 1.82) is 0 Å². The third-order valence-electron chi connectivity index (χ3n) is 6.34. The van der Waals surface area contributed by atoms with E-state index < -0.39 is 0 Å². The van der Waals surface area contributed by atoms with Gasteiger partial charge in [-0.2, -0.15) is 5.10 Å². The number of benzene rings is 2. The normalized spacial score (nSPS) is 12.1. The molecule has 4 rings (SSSR count). The van der Waals surface area contributed by atoms with Crippen LogP contribution in [0.1, 0.15) is 50.3 Å². The Balaban J connectivity index is 1.43. The molecular formula is C28H32N4O4. The number of fused-ring (bicyclic) bond motifs is 1. The maximum atomic E-state index is 13.0. The monoisotopic (exact) mass is 488 g/mol. The van der Waals surface area contributed by atoms with E-state index in [9.17, 15) is 9.59 Å².